The molecule has 0 saturated heterocycles. The molecule has 1 saturated carbocycles. The van der Waals surface area contributed by atoms with Gasteiger partial charge in [0.25, 0.3) is 5.89 Å². The summed E-state index contributed by atoms with van der Waals surface area (Å²) in [6, 6.07) is 17.8. The second kappa shape index (κ2) is 6.75. The summed E-state index contributed by atoms with van der Waals surface area (Å²) in [5.41, 5.74) is 2.64. The number of rotatable bonds is 6. The minimum atomic E-state index is -0.500. The van der Waals surface area contributed by atoms with E-state index in [0.717, 1.165) is 30.4 Å². The van der Waals surface area contributed by atoms with Crippen molar-refractivity contribution in [3.05, 3.63) is 71.6 Å². The van der Waals surface area contributed by atoms with Crippen LogP contribution in [0.25, 0.3) is 11.4 Å². The fourth-order valence-corrected chi connectivity index (χ4v) is 3.08. The zero-order chi connectivity index (χ0) is 18.0. The molecular formula is C21H20N2O3. The Morgan fingerprint density at radius 1 is 1.12 bits per heavy atom. The summed E-state index contributed by atoms with van der Waals surface area (Å²) in [4.78, 5) is 16.9. The molecule has 26 heavy (non-hydrogen) atoms. The van der Waals surface area contributed by atoms with Gasteiger partial charge in [-0.15, -0.1) is 0 Å². The molecule has 5 nitrogen and oxygen atoms in total. The van der Waals surface area contributed by atoms with Crippen LogP contribution in [0.15, 0.2) is 59.1 Å². The van der Waals surface area contributed by atoms with Crippen molar-refractivity contribution in [2.75, 3.05) is 0 Å². The molecule has 1 heterocycles. The molecule has 5 heteroatoms. The standard InChI is InChI=1S/C21H20N2O3/c1-2-15-8-10-16(11-9-15)19-22-18(26-23-19)14-25-20(24)21(12-13-21)17-6-4-3-5-7-17/h3-11H,2,12-14H2,1H3. The maximum absolute atomic E-state index is 12.5. The summed E-state index contributed by atoms with van der Waals surface area (Å²) in [6.45, 7) is 2.10. The molecule has 0 radical (unpaired) electrons. The molecule has 2 aromatic carbocycles. The second-order valence-corrected chi connectivity index (χ2v) is 6.59. The van der Waals surface area contributed by atoms with Crippen LogP contribution < -0.4 is 0 Å². The highest BCUT2D eigenvalue weighted by Gasteiger charge is 2.52. The highest BCUT2D eigenvalue weighted by Crippen LogP contribution is 2.49. The minimum absolute atomic E-state index is 0.00649. The summed E-state index contributed by atoms with van der Waals surface area (Å²) >= 11 is 0. The van der Waals surface area contributed by atoms with E-state index in [2.05, 4.69) is 17.1 Å². The quantitative estimate of drug-likeness (QED) is 0.628. The van der Waals surface area contributed by atoms with Crippen molar-refractivity contribution in [1.82, 2.24) is 10.1 Å². The van der Waals surface area contributed by atoms with E-state index in [9.17, 15) is 4.79 Å². The van der Waals surface area contributed by atoms with E-state index in [-0.39, 0.29) is 12.6 Å². The lowest BCUT2D eigenvalue weighted by atomic mass is 9.96. The van der Waals surface area contributed by atoms with Crippen LogP contribution >= 0.6 is 0 Å². The van der Waals surface area contributed by atoms with Crippen molar-refractivity contribution in [3.8, 4) is 11.4 Å². The molecule has 0 N–H and O–H groups in total. The van der Waals surface area contributed by atoms with Crippen molar-refractivity contribution >= 4 is 5.97 Å². The SMILES string of the molecule is CCc1ccc(-c2noc(COC(=O)C3(c4ccccc4)CC3)n2)cc1. The second-order valence-electron chi connectivity index (χ2n) is 6.59. The largest absolute Gasteiger partial charge is 0.455 e. The minimum Gasteiger partial charge on any atom is -0.455 e. The highest BCUT2D eigenvalue weighted by molar-refractivity contribution is 5.86. The molecule has 1 aliphatic carbocycles. The van der Waals surface area contributed by atoms with Gasteiger partial charge in [0.1, 0.15) is 0 Å². The van der Waals surface area contributed by atoms with E-state index in [4.69, 9.17) is 9.26 Å². The average Bonchev–Trinajstić information content (AvgIpc) is 3.39. The van der Waals surface area contributed by atoms with Gasteiger partial charge in [0.05, 0.1) is 5.41 Å². The molecule has 4 rings (SSSR count). The number of carbonyl (C=O) groups excluding carboxylic acids is 1. The molecule has 0 spiro atoms. The monoisotopic (exact) mass is 348 g/mol. The van der Waals surface area contributed by atoms with Gasteiger partial charge in [-0.2, -0.15) is 4.98 Å². The van der Waals surface area contributed by atoms with Gasteiger partial charge in [0, 0.05) is 5.56 Å². The third kappa shape index (κ3) is 3.12. The van der Waals surface area contributed by atoms with Crippen LogP contribution in [-0.4, -0.2) is 16.1 Å². The molecule has 3 aromatic rings. The number of carbonyl (C=O) groups is 1. The van der Waals surface area contributed by atoms with Gasteiger partial charge in [-0.1, -0.05) is 66.7 Å². The van der Waals surface area contributed by atoms with E-state index in [1.807, 2.05) is 54.6 Å². The number of nitrogens with zero attached hydrogens (tertiary/aromatic N) is 2. The van der Waals surface area contributed by atoms with Crippen LogP contribution in [0.5, 0.6) is 0 Å². The van der Waals surface area contributed by atoms with Crippen LogP contribution in [0.2, 0.25) is 0 Å². The number of hydrogen-bond donors (Lipinski definition) is 0. The maximum atomic E-state index is 12.5. The van der Waals surface area contributed by atoms with E-state index in [1.165, 1.54) is 5.56 Å². The molecule has 0 atom stereocenters. The van der Waals surface area contributed by atoms with Gasteiger partial charge in [-0.3, -0.25) is 4.79 Å². The first-order valence-corrected chi connectivity index (χ1v) is 8.86. The average molecular weight is 348 g/mol. The summed E-state index contributed by atoms with van der Waals surface area (Å²) in [5.74, 6) is 0.579. The Morgan fingerprint density at radius 3 is 2.50 bits per heavy atom. The smallest absolute Gasteiger partial charge is 0.317 e. The Balaban J connectivity index is 1.41. The fraction of sp³-hybridized carbons (Fsp3) is 0.286. The Hall–Kier alpha value is -2.95. The first-order chi connectivity index (χ1) is 12.7. The summed E-state index contributed by atoms with van der Waals surface area (Å²) in [7, 11) is 0. The first-order valence-electron chi connectivity index (χ1n) is 8.86. The Morgan fingerprint density at radius 2 is 1.85 bits per heavy atom. The molecule has 0 unspecified atom stereocenters. The number of aryl methyl sites for hydroxylation is 1. The van der Waals surface area contributed by atoms with Crippen molar-refractivity contribution in [3.63, 3.8) is 0 Å². The van der Waals surface area contributed by atoms with Gasteiger partial charge >= 0.3 is 5.97 Å². The van der Waals surface area contributed by atoms with Gasteiger partial charge in [0.2, 0.25) is 5.82 Å². The molecular weight excluding hydrogens is 328 g/mol. The topological polar surface area (TPSA) is 65.2 Å². The van der Waals surface area contributed by atoms with Gasteiger partial charge in [-0.25, -0.2) is 0 Å². The molecule has 1 fully saturated rings. The first kappa shape index (κ1) is 16.5. The van der Waals surface area contributed by atoms with E-state index >= 15 is 0 Å². The van der Waals surface area contributed by atoms with Crippen molar-refractivity contribution in [2.45, 2.75) is 38.2 Å². The lowest BCUT2D eigenvalue weighted by Crippen LogP contribution is -2.23. The van der Waals surface area contributed by atoms with Crippen molar-refractivity contribution in [2.24, 2.45) is 0 Å². The number of hydrogen-bond acceptors (Lipinski definition) is 5. The van der Waals surface area contributed by atoms with Crippen molar-refractivity contribution < 1.29 is 14.1 Å². The van der Waals surface area contributed by atoms with Gasteiger partial charge in [0.15, 0.2) is 6.61 Å². The normalized spacial score (nSPS) is 14.8. The van der Waals surface area contributed by atoms with Crippen LogP contribution in [0.4, 0.5) is 0 Å². The van der Waals surface area contributed by atoms with Crippen LogP contribution in [-0.2, 0) is 28.0 Å². The van der Waals surface area contributed by atoms with Crippen molar-refractivity contribution in [1.29, 1.82) is 0 Å². The molecule has 0 bridgehead atoms. The summed E-state index contributed by atoms with van der Waals surface area (Å²) < 4.78 is 10.7. The van der Waals surface area contributed by atoms with Gasteiger partial charge < -0.3 is 9.26 Å². The number of esters is 1. The lowest BCUT2D eigenvalue weighted by Gasteiger charge is -2.13. The van der Waals surface area contributed by atoms with E-state index < -0.39 is 5.41 Å². The highest BCUT2D eigenvalue weighted by atomic mass is 16.6. The third-order valence-electron chi connectivity index (χ3n) is 4.88. The number of aromatic nitrogens is 2. The molecule has 132 valence electrons. The summed E-state index contributed by atoms with van der Waals surface area (Å²) in [6.07, 6.45) is 2.61. The Bertz CT molecular complexity index is 897. The zero-order valence-corrected chi connectivity index (χ0v) is 14.6. The van der Waals surface area contributed by atoms with Crippen LogP contribution in [0.1, 0.15) is 36.8 Å². The number of ether oxygens (including phenoxy) is 1. The predicted octanol–water partition coefficient (Wildman–Crippen LogP) is 4.07. The number of benzene rings is 2. The zero-order valence-electron chi connectivity index (χ0n) is 14.6. The molecule has 1 aromatic heterocycles. The maximum Gasteiger partial charge on any atom is 0.317 e. The Kier molecular flexibility index (Phi) is 4.29. The Labute approximate surface area is 152 Å². The molecule has 0 aliphatic heterocycles. The van der Waals surface area contributed by atoms with E-state index in [1.54, 1.807) is 0 Å². The predicted molar refractivity (Wildman–Crippen MR) is 96.3 cm³/mol. The van der Waals surface area contributed by atoms with Gasteiger partial charge in [-0.05, 0) is 30.4 Å². The molecule has 1 aliphatic rings. The fourth-order valence-electron chi connectivity index (χ4n) is 3.08. The van der Waals surface area contributed by atoms with Crippen LogP contribution in [0, 0.1) is 0 Å². The lowest BCUT2D eigenvalue weighted by molar-refractivity contribution is -0.148. The van der Waals surface area contributed by atoms with E-state index in [0.29, 0.717) is 11.7 Å². The summed E-state index contributed by atoms with van der Waals surface area (Å²) in [5, 5.41) is 3.98. The molecule has 0 amide bonds. The third-order valence-corrected chi connectivity index (χ3v) is 4.88. The van der Waals surface area contributed by atoms with Crippen LogP contribution in [0.3, 0.4) is 0 Å².